The molecule has 21 heavy (non-hydrogen) atoms. The lowest BCUT2D eigenvalue weighted by molar-refractivity contribution is -0.137. The molecule has 0 bridgehead atoms. The van der Waals surface area contributed by atoms with Crippen LogP contribution in [0.15, 0.2) is 42.7 Å². The lowest BCUT2D eigenvalue weighted by atomic mass is 10.1. The first-order valence-corrected chi connectivity index (χ1v) is 6.36. The van der Waals surface area contributed by atoms with Gasteiger partial charge in [-0.05, 0) is 48.4 Å². The molecule has 1 aromatic carbocycles. The topological polar surface area (TPSA) is 24.9 Å². The van der Waals surface area contributed by atoms with Crippen LogP contribution in [0.25, 0.3) is 0 Å². The average molecular weight is 298 g/mol. The maximum atomic E-state index is 13.3. The zero-order valence-electron chi connectivity index (χ0n) is 11.3. The minimum atomic E-state index is -4.55. The molecule has 0 amide bonds. The normalized spacial score (nSPS) is 13.2. The first kappa shape index (κ1) is 15.4. The van der Waals surface area contributed by atoms with Crippen molar-refractivity contribution in [1.29, 1.82) is 0 Å². The summed E-state index contributed by atoms with van der Waals surface area (Å²) in [7, 11) is 0. The van der Waals surface area contributed by atoms with Crippen LogP contribution in [0.5, 0.6) is 0 Å². The number of nitrogens with zero attached hydrogens (tertiary/aromatic N) is 1. The minimum absolute atomic E-state index is 0.0781. The van der Waals surface area contributed by atoms with Gasteiger partial charge in [-0.25, -0.2) is 4.39 Å². The monoisotopic (exact) mass is 298 g/mol. The molecule has 112 valence electrons. The molecule has 6 heteroatoms. The molecule has 0 unspecified atom stereocenters. The van der Waals surface area contributed by atoms with Crippen LogP contribution in [0.1, 0.15) is 29.7 Å². The summed E-state index contributed by atoms with van der Waals surface area (Å²) in [6.45, 7) is 2.02. The number of pyridine rings is 1. The number of aromatic nitrogens is 1. The van der Waals surface area contributed by atoms with Gasteiger partial charge in [0, 0.05) is 25.0 Å². The van der Waals surface area contributed by atoms with Crippen molar-refractivity contribution in [3.05, 3.63) is 65.2 Å². The second-order valence-corrected chi connectivity index (χ2v) is 4.73. The van der Waals surface area contributed by atoms with Crippen LogP contribution in [0.4, 0.5) is 17.6 Å². The Bertz CT molecular complexity index is 596. The Hall–Kier alpha value is -1.95. The molecule has 0 radical (unpaired) electrons. The Balaban J connectivity index is 2.08. The Kier molecular flexibility index (Phi) is 4.57. The highest BCUT2D eigenvalue weighted by molar-refractivity contribution is 5.27. The van der Waals surface area contributed by atoms with Crippen molar-refractivity contribution in [2.24, 2.45) is 0 Å². The average Bonchev–Trinajstić information content (AvgIpc) is 2.44. The summed E-state index contributed by atoms with van der Waals surface area (Å²) in [6, 6.07) is 6.09. The summed E-state index contributed by atoms with van der Waals surface area (Å²) in [5.74, 6) is -0.891. The highest BCUT2D eigenvalue weighted by Gasteiger charge is 2.31. The maximum Gasteiger partial charge on any atom is 0.416 e. The quantitative estimate of drug-likeness (QED) is 0.860. The third kappa shape index (κ3) is 4.26. The highest BCUT2D eigenvalue weighted by Crippen LogP contribution is 2.30. The van der Waals surface area contributed by atoms with Gasteiger partial charge in [-0.3, -0.25) is 4.98 Å². The molecule has 0 fully saturated rings. The van der Waals surface area contributed by atoms with E-state index < -0.39 is 17.6 Å². The second-order valence-electron chi connectivity index (χ2n) is 4.73. The maximum absolute atomic E-state index is 13.3. The van der Waals surface area contributed by atoms with Crippen LogP contribution >= 0.6 is 0 Å². The van der Waals surface area contributed by atoms with E-state index in [1.807, 2.05) is 19.1 Å². The number of benzene rings is 1. The molecule has 0 aliphatic heterocycles. The first-order chi connectivity index (χ1) is 9.86. The van der Waals surface area contributed by atoms with Crippen LogP contribution in [0.3, 0.4) is 0 Å². The van der Waals surface area contributed by atoms with Gasteiger partial charge in [-0.2, -0.15) is 13.2 Å². The molecule has 2 aromatic rings. The molecule has 2 nitrogen and oxygen atoms in total. The molecule has 1 atom stereocenters. The van der Waals surface area contributed by atoms with E-state index in [2.05, 4.69) is 10.3 Å². The van der Waals surface area contributed by atoms with Gasteiger partial charge in [0.05, 0.1) is 5.56 Å². The molecule has 0 spiro atoms. The standard InChI is InChI=1S/C15H14F4N2/c1-10(12-2-4-20-5-3-12)21-9-11-6-13(15(17,18)19)8-14(16)7-11/h2-8,10,21H,9H2,1H3/t10-/m1/s1. The van der Waals surface area contributed by atoms with E-state index in [1.165, 1.54) is 0 Å². The number of alkyl halides is 3. The Morgan fingerprint density at radius 3 is 2.43 bits per heavy atom. The molecule has 1 aromatic heterocycles. The summed E-state index contributed by atoms with van der Waals surface area (Å²) < 4.78 is 51.1. The smallest absolute Gasteiger partial charge is 0.306 e. The molecule has 1 heterocycles. The molecule has 0 saturated carbocycles. The minimum Gasteiger partial charge on any atom is -0.306 e. The van der Waals surface area contributed by atoms with Crippen molar-refractivity contribution in [1.82, 2.24) is 10.3 Å². The van der Waals surface area contributed by atoms with Crippen LogP contribution in [0, 0.1) is 5.82 Å². The largest absolute Gasteiger partial charge is 0.416 e. The van der Waals surface area contributed by atoms with Gasteiger partial charge in [0.2, 0.25) is 0 Å². The van der Waals surface area contributed by atoms with Crippen LogP contribution in [0.2, 0.25) is 0 Å². The SMILES string of the molecule is C[C@@H](NCc1cc(F)cc(C(F)(F)F)c1)c1ccncc1. The molecule has 1 N–H and O–H groups in total. The Morgan fingerprint density at radius 2 is 1.81 bits per heavy atom. The van der Waals surface area contributed by atoms with Crippen LogP contribution < -0.4 is 5.32 Å². The lowest BCUT2D eigenvalue weighted by Crippen LogP contribution is -2.18. The van der Waals surface area contributed by atoms with Gasteiger partial charge in [0.25, 0.3) is 0 Å². The van der Waals surface area contributed by atoms with Crippen molar-refractivity contribution in [2.75, 3.05) is 0 Å². The fourth-order valence-corrected chi connectivity index (χ4v) is 1.96. The van der Waals surface area contributed by atoms with Gasteiger partial charge >= 0.3 is 6.18 Å². The highest BCUT2D eigenvalue weighted by atomic mass is 19.4. The molecular formula is C15H14F4N2. The zero-order chi connectivity index (χ0) is 15.5. The van der Waals surface area contributed by atoms with E-state index in [-0.39, 0.29) is 18.2 Å². The zero-order valence-corrected chi connectivity index (χ0v) is 11.3. The van der Waals surface area contributed by atoms with E-state index in [0.717, 1.165) is 17.7 Å². The van der Waals surface area contributed by atoms with Gasteiger partial charge in [0.1, 0.15) is 5.82 Å². The van der Waals surface area contributed by atoms with Gasteiger partial charge in [-0.15, -0.1) is 0 Å². The van der Waals surface area contributed by atoms with Crippen molar-refractivity contribution < 1.29 is 17.6 Å². The van der Waals surface area contributed by atoms with Crippen LogP contribution in [-0.2, 0) is 12.7 Å². The number of halogens is 4. The molecule has 0 aliphatic carbocycles. The third-order valence-electron chi connectivity index (χ3n) is 3.10. The fourth-order valence-electron chi connectivity index (χ4n) is 1.96. The van der Waals surface area contributed by atoms with E-state index in [0.29, 0.717) is 6.07 Å². The number of rotatable bonds is 4. The van der Waals surface area contributed by atoms with Crippen molar-refractivity contribution in [2.45, 2.75) is 25.7 Å². The van der Waals surface area contributed by atoms with Crippen LogP contribution in [-0.4, -0.2) is 4.98 Å². The van der Waals surface area contributed by atoms with Crippen molar-refractivity contribution >= 4 is 0 Å². The van der Waals surface area contributed by atoms with E-state index >= 15 is 0 Å². The van der Waals surface area contributed by atoms with E-state index in [4.69, 9.17) is 0 Å². The predicted octanol–water partition coefficient (Wildman–Crippen LogP) is 4.09. The van der Waals surface area contributed by atoms with E-state index in [9.17, 15) is 17.6 Å². The summed E-state index contributed by atoms with van der Waals surface area (Å²) in [5, 5.41) is 3.06. The first-order valence-electron chi connectivity index (χ1n) is 6.36. The van der Waals surface area contributed by atoms with Crippen molar-refractivity contribution in [3.8, 4) is 0 Å². The Labute approximate surface area is 119 Å². The fraction of sp³-hybridized carbons (Fsp3) is 0.267. The summed E-state index contributed by atoms with van der Waals surface area (Å²) in [4.78, 5) is 3.89. The van der Waals surface area contributed by atoms with Crippen molar-refractivity contribution in [3.63, 3.8) is 0 Å². The predicted molar refractivity (Wildman–Crippen MR) is 70.9 cm³/mol. The summed E-state index contributed by atoms with van der Waals surface area (Å²) >= 11 is 0. The summed E-state index contributed by atoms with van der Waals surface area (Å²) in [5.41, 5.74) is 0.233. The van der Waals surface area contributed by atoms with Gasteiger partial charge < -0.3 is 5.32 Å². The van der Waals surface area contributed by atoms with Gasteiger partial charge in [-0.1, -0.05) is 0 Å². The molecule has 0 aliphatic rings. The third-order valence-corrected chi connectivity index (χ3v) is 3.10. The number of hydrogen-bond acceptors (Lipinski definition) is 2. The molecule has 0 saturated heterocycles. The van der Waals surface area contributed by atoms with Gasteiger partial charge in [0.15, 0.2) is 0 Å². The molecule has 2 rings (SSSR count). The second kappa shape index (κ2) is 6.22. The van der Waals surface area contributed by atoms with E-state index in [1.54, 1.807) is 12.4 Å². The lowest BCUT2D eigenvalue weighted by Gasteiger charge is -2.15. The number of nitrogens with one attached hydrogen (secondary N) is 1. The summed E-state index contributed by atoms with van der Waals surface area (Å²) in [6.07, 6.45) is -1.28. The molecular weight excluding hydrogens is 284 g/mol. The Morgan fingerprint density at radius 1 is 1.14 bits per heavy atom. The number of hydrogen-bond donors (Lipinski definition) is 1.